The molecular weight excluding hydrogens is 253 g/mol. The number of aliphatic hydroxyl groups is 1. The molecule has 0 aromatic heterocycles. The van der Waals surface area contributed by atoms with Crippen molar-refractivity contribution in [3.05, 3.63) is 0 Å². The maximum absolute atomic E-state index is 9.32. The quantitative estimate of drug-likeness (QED) is 0.367. The van der Waals surface area contributed by atoms with Gasteiger partial charge in [0.05, 0.1) is 0 Å². The van der Waals surface area contributed by atoms with Gasteiger partial charge in [0.2, 0.25) is 0 Å². The van der Waals surface area contributed by atoms with Crippen molar-refractivity contribution < 1.29 is 5.11 Å². The fourth-order valence-corrected chi connectivity index (χ4v) is 1.40. The summed E-state index contributed by atoms with van der Waals surface area (Å²) in [7, 11) is 1.94. The first kappa shape index (κ1) is 11.6. The molecule has 0 rings (SSSR count). The summed E-state index contributed by atoms with van der Waals surface area (Å²) in [6.45, 7) is 8.60. The van der Waals surface area contributed by atoms with E-state index < -0.39 is 4.23 Å². The molecule has 0 radical (unpaired) electrons. The molecule has 1 N–H and O–H groups in total. The predicted octanol–water partition coefficient (Wildman–Crippen LogP) is 2.06. The molecule has 0 saturated heterocycles. The third-order valence-electron chi connectivity index (χ3n) is 2.64. The molecule has 0 amide bonds. The Labute approximate surface area is 83.1 Å². The van der Waals surface area contributed by atoms with Crippen molar-refractivity contribution >= 4 is 22.6 Å². The minimum Gasteiger partial charge on any atom is -0.369 e. The summed E-state index contributed by atoms with van der Waals surface area (Å²) in [5.41, 5.74) is 0.0562. The molecule has 3 heteroatoms. The molecule has 0 spiro atoms. The van der Waals surface area contributed by atoms with E-state index in [-0.39, 0.29) is 5.54 Å². The van der Waals surface area contributed by atoms with E-state index in [2.05, 4.69) is 27.7 Å². The van der Waals surface area contributed by atoms with Gasteiger partial charge in [0.1, 0.15) is 0 Å². The molecule has 0 aromatic rings. The lowest BCUT2D eigenvalue weighted by Gasteiger charge is -2.40. The van der Waals surface area contributed by atoms with Crippen LogP contribution in [0.3, 0.4) is 0 Å². The van der Waals surface area contributed by atoms with Gasteiger partial charge in [-0.2, -0.15) is 0 Å². The summed E-state index contributed by atoms with van der Waals surface area (Å²) in [4.78, 5) is 1.97. The number of alkyl halides is 1. The van der Waals surface area contributed by atoms with Crippen LogP contribution in [0.1, 0.15) is 27.7 Å². The van der Waals surface area contributed by atoms with Gasteiger partial charge in [0, 0.05) is 5.54 Å². The largest absolute Gasteiger partial charge is 0.369 e. The van der Waals surface area contributed by atoms with Gasteiger partial charge >= 0.3 is 0 Å². The van der Waals surface area contributed by atoms with Crippen molar-refractivity contribution in [3.63, 3.8) is 0 Å². The van der Waals surface area contributed by atoms with Gasteiger partial charge < -0.3 is 5.11 Å². The highest BCUT2D eigenvalue weighted by Gasteiger charge is 2.30. The first-order valence-corrected chi connectivity index (χ1v) is 5.09. The van der Waals surface area contributed by atoms with Gasteiger partial charge in [-0.05, 0) is 49.4 Å². The molecular formula is C8H18INO. The van der Waals surface area contributed by atoms with Crippen LogP contribution in [0.2, 0.25) is 0 Å². The van der Waals surface area contributed by atoms with Crippen LogP contribution in [0.5, 0.6) is 0 Å². The van der Waals surface area contributed by atoms with Crippen LogP contribution in [0.4, 0.5) is 0 Å². The van der Waals surface area contributed by atoms with E-state index in [1.54, 1.807) is 0 Å². The van der Waals surface area contributed by atoms with Crippen molar-refractivity contribution in [3.8, 4) is 0 Å². The third-order valence-corrected chi connectivity index (χ3v) is 3.48. The van der Waals surface area contributed by atoms with E-state index in [1.165, 1.54) is 0 Å². The molecule has 2 nitrogen and oxygen atoms in total. The zero-order valence-electron chi connectivity index (χ0n) is 7.93. The number of nitrogens with zero attached hydrogens (tertiary/aromatic N) is 1. The number of hydrogen-bond donors (Lipinski definition) is 1. The normalized spacial score (nSPS) is 16.1. The van der Waals surface area contributed by atoms with Crippen molar-refractivity contribution in [2.24, 2.45) is 5.92 Å². The zero-order valence-corrected chi connectivity index (χ0v) is 10.1. The standard InChI is InChI=1S/C8H18INO/c1-6(2)8(3,4)10(5)7(9)11/h6-7,11H,1-5H3. The molecule has 1 unspecified atom stereocenters. The molecule has 0 aromatic carbocycles. The van der Waals surface area contributed by atoms with E-state index in [0.717, 1.165) is 0 Å². The Morgan fingerprint density at radius 2 is 1.73 bits per heavy atom. The first-order valence-electron chi connectivity index (χ1n) is 3.85. The average molecular weight is 271 g/mol. The lowest BCUT2D eigenvalue weighted by Crippen LogP contribution is -2.48. The lowest BCUT2D eigenvalue weighted by atomic mass is 9.89. The number of rotatable bonds is 3. The molecule has 0 aliphatic rings. The second-order valence-electron chi connectivity index (χ2n) is 3.73. The summed E-state index contributed by atoms with van der Waals surface area (Å²) in [6, 6.07) is 0. The summed E-state index contributed by atoms with van der Waals surface area (Å²) < 4.78 is -0.398. The van der Waals surface area contributed by atoms with Crippen LogP contribution < -0.4 is 0 Å². The molecule has 0 aliphatic carbocycles. The van der Waals surface area contributed by atoms with Gasteiger partial charge in [-0.15, -0.1) is 0 Å². The maximum atomic E-state index is 9.32. The van der Waals surface area contributed by atoms with Gasteiger partial charge in [-0.25, -0.2) is 0 Å². The van der Waals surface area contributed by atoms with E-state index >= 15 is 0 Å². The monoisotopic (exact) mass is 271 g/mol. The Morgan fingerprint density at radius 3 is 1.82 bits per heavy atom. The van der Waals surface area contributed by atoms with E-state index in [0.29, 0.717) is 5.92 Å². The number of aliphatic hydroxyl groups excluding tert-OH is 1. The summed E-state index contributed by atoms with van der Waals surface area (Å²) >= 11 is 2.01. The van der Waals surface area contributed by atoms with Crippen LogP contribution in [0.25, 0.3) is 0 Å². The Hall–Kier alpha value is 0.650. The highest BCUT2D eigenvalue weighted by molar-refractivity contribution is 14.1. The lowest BCUT2D eigenvalue weighted by molar-refractivity contribution is 0.00901. The third kappa shape index (κ3) is 2.87. The van der Waals surface area contributed by atoms with Crippen molar-refractivity contribution in [2.45, 2.75) is 37.5 Å². The summed E-state index contributed by atoms with van der Waals surface area (Å²) in [6.07, 6.45) is 0. The molecule has 0 fully saturated rings. The Morgan fingerprint density at radius 1 is 1.36 bits per heavy atom. The average Bonchev–Trinajstić information content (AvgIpc) is 1.85. The minimum absolute atomic E-state index is 0.0562. The van der Waals surface area contributed by atoms with E-state index in [4.69, 9.17) is 0 Å². The van der Waals surface area contributed by atoms with Crippen LogP contribution in [-0.2, 0) is 0 Å². The molecule has 0 bridgehead atoms. The highest BCUT2D eigenvalue weighted by Crippen LogP contribution is 2.25. The summed E-state index contributed by atoms with van der Waals surface area (Å²) in [5, 5.41) is 9.32. The fraction of sp³-hybridized carbons (Fsp3) is 1.00. The van der Waals surface area contributed by atoms with Crippen LogP contribution in [-0.4, -0.2) is 26.8 Å². The van der Waals surface area contributed by atoms with Crippen LogP contribution in [0, 0.1) is 5.92 Å². The van der Waals surface area contributed by atoms with Gasteiger partial charge in [0.25, 0.3) is 0 Å². The van der Waals surface area contributed by atoms with Crippen molar-refractivity contribution in [2.75, 3.05) is 7.05 Å². The van der Waals surface area contributed by atoms with Gasteiger partial charge in [-0.3, -0.25) is 4.90 Å². The van der Waals surface area contributed by atoms with Crippen LogP contribution in [0.15, 0.2) is 0 Å². The second-order valence-corrected chi connectivity index (χ2v) is 4.84. The van der Waals surface area contributed by atoms with Crippen LogP contribution >= 0.6 is 22.6 Å². The van der Waals surface area contributed by atoms with Gasteiger partial charge in [0.15, 0.2) is 4.23 Å². The van der Waals surface area contributed by atoms with E-state index in [1.807, 2.05) is 34.5 Å². The SMILES string of the molecule is CC(C)C(C)(C)N(C)C(O)I. The number of hydrogen-bond acceptors (Lipinski definition) is 2. The van der Waals surface area contributed by atoms with Crippen molar-refractivity contribution in [1.29, 1.82) is 0 Å². The number of halogens is 1. The Bertz CT molecular complexity index is 123. The topological polar surface area (TPSA) is 23.5 Å². The molecule has 1 atom stereocenters. The Kier molecular flexibility index (Phi) is 4.29. The predicted molar refractivity (Wildman–Crippen MR) is 56.7 cm³/mol. The van der Waals surface area contributed by atoms with Gasteiger partial charge in [-0.1, -0.05) is 13.8 Å². The highest BCUT2D eigenvalue weighted by atomic mass is 127. The minimum atomic E-state index is -0.398. The zero-order chi connectivity index (χ0) is 9.23. The Balaban J connectivity index is 4.29. The maximum Gasteiger partial charge on any atom is 0.160 e. The molecule has 68 valence electrons. The molecule has 0 heterocycles. The smallest absolute Gasteiger partial charge is 0.160 e. The molecule has 0 saturated carbocycles. The van der Waals surface area contributed by atoms with E-state index in [9.17, 15) is 5.11 Å². The summed E-state index contributed by atoms with van der Waals surface area (Å²) in [5.74, 6) is 0.539. The molecule has 11 heavy (non-hydrogen) atoms. The first-order chi connectivity index (χ1) is 4.80. The molecule has 0 aliphatic heterocycles. The fourth-order valence-electron chi connectivity index (χ4n) is 0.682. The van der Waals surface area contributed by atoms with Crippen molar-refractivity contribution in [1.82, 2.24) is 4.90 Å². The second kappa shape index (κ2) is 4.05.